The zero-order valence-electron chi connectivity index (χ0n) is 15.6. The van der Waals surface area contributed by atoms with E-state index in [2.05, 4.69) is 44.3 Å². The predicted octanol–water partition coefficient (Wildman–Crippen LogP) is 3.13. The Morgan fingerprint density at radius 2 is 2.11 bits per heavy atom. The van der Waals surface area contributed by atoms with Crippen molar-refractivity contribution in [2.24, 2.45) is 0 Å². The van der Waals surface area contributed by atoms with Crippen LogP contribution in [0.1, 0.15) is 28.5 Å². The molecule has 0 bridgehead atoms. The number of imidazole rings is 1. The Balaban J connectivity index is 1.79. The summed E-state index contributed by atoms with van der Waals surface area (Å²) in [6, 6.07) is 6.01. The number of hydrogen-bond donors (Lipinski definition) is 4. The molecule has 0 amide bonds. The van der Waals surface area contributed by atoms with Gasteiger partial charge in [-0.05, 0) is 42.3 Å². The van der Waals surface area contributed by atoms with Crippen molar-refractivity contribution in [3.8, 4) is 22.6 Å². The number of aromatic nitrogens is 5. The topological polar surface area (TPSA) is 120 Å². The average Bonchev–Trinajstić information content (AvgIpc) is 3.33. The molecular formula is C20H20N6O2. The zero-order valence-corrected chi connectivity index (χ0v) is 15.6. The highest BCUT2D eigenvalue weighted by Crippen LogP contribution is 2.31. The number of benzene rings is 1. The van der Waals surface area contributed by atoms with Gasteiger partial charge in [-0.25, -0.2) is 9.78 Å². The Bertz CT molecular complexity index is 1160. The number of H-pyrrole nitrogens is 2. The van der Waals surface area contributed by atoms with Crippen LogP contribution >= 0.6 is 0 Å². The van der Waals surface area contributed by atoms with Crippen LogP contribution in [-0.2, 0) is 6.54 Å². The molecule has 0 fully saturated rings. The molecule has 0 aliphatic carbocycles. The second-order valence-electron chi connectivity index (χ2n) is 6.53. The maximum absolute atomic E-state index is 11.1. The van der Waals surface area contributed by atoms with Crippen molar-refractivity contribution in [3.63, 3.8) is 0 Å². The molecule has 0 aliphatic rings. The second-order valence-corrected chi connectivity index (χ2v) is 6.53. The summed E-state index contributed by atoms with van der Waals surface area (Å²) in [5.74, 6) is -0.643. The van der Waals surface area contributed by atoms with Crippen LogP contribution < -0.4 is 5.32 Å². The smallest absolute Gasteiger partial charge is 0.353 e. The fraction of sp³-hybridized carbons (Fsp3) is 0.200. The minimum Gasteiger partial charge on any atom is -0.477 e. The summed E-state index contributed by atoms with van der Waals surface area (Å²) in [4.78, 5) is 22.5. The number of carbonyl (C=O) groups is 1. The number of carboxylic acid groups (broad SMARTS) is 1. The van der Waals surface area contributed by atoms with Crippen LogP contribution in [0.25, 0.3) is 33.5 Å². The summed E-state index contributed by atoms with van der Waals surface area (Å²) in [5, 5.41) is 20.6. The maximum Gasteiger partial charge on any atom is 0.353 e. The lowest BCUT2D eigenvalue weighted by atomic mass is 9.98. The molecule has 4 N–H and O–H groups in total. The normalized spacial score (nSPS) is 11.2. The van der Waals surface area contributed by atoms with E-state index >= 15 is 0 Å². The van der Waals surface area contributed by atoms with E-state index in [0.29, 0.717) is 11.5 Å². The lowest BCUT2D eigenvalue weighted by Gasteiger charge is -2.11. The van der Waals surface area contributed by atoms with Gasteiger partial charge in [-0.2, -0.15) is 5.10 Å². The molecule has 8 heteroatoms. The fourth-order valence-electron chi connectivity index (χ4n) is 3.21. The molecule has 3 aromatic heterocycles. The van der Waals surface area contributed by atoms with Crippen LogP contribution in [0.3, 0.4) is 0 Å². The average molecular weight is 376 g/mol. The van der Waals surface area contributed by atoms with Crippen molar-refractivity contribution < 1.29 is 9.90 Å². The van der Waals surface area contributed by atoms with E-state index in [1.54, 1.807) is 0 Å². The largest absolute Gasteiger partial charge is 0.477 e. The zero-order chi connectivity index (χ0) is 19.7. The van der Waals surface area contributed by atoms with Crippen molar-refractivity contribution in [2.75, 3.05) is 6.54 Å². The van der Waals surface area contributed by atoms with Gasteiger partial charge in [0, 0.05) is 29.9 Å². The first-order valence-corrected chi connectivity index (χ1v) is 8.99. The molecule has 8 nitrogen and oxygen atoms in total. The first-order chi connectivity index (χ1) is 13.6. The van der Waals surface area contributed by atoms with Crippen molar-refractivity contribution in [1.82, 2.24) is 30.5 Å². The van der Waals surface area contributed by atoms with E-state index in [-0.39, 0.29) is 5.69 Å². The number of nitrogens with zero attached hydrogens (tertiary/aromatic N) is 3. The van der Waals surface area contributed by atoms with Crippen molar-refractivity contribution in [2.45, 2.75) is 20.4 Å². The molecule has 3 heterocycles. The molecule has 1 aromatic carbocycles. The molecule has 0 saturated carbocycles. The number of aromatic amines is 2. The number of fused-ring (bicyclic) bond motifs is 1. The quantitative estimate of drug-likeness (QED) is 0.410. The van der Waals surface area contributed by atoms with Gasteiger partial charge in [0.15, 0.2) is 5.82 Å². The summed E-state index contributed by atoms with van der Waals surface area (Å²) in [6.07, 6.45) is 5.04. The Labute approximate surface area is 161 Å². The molecule has 0 spiro atoms. The van der Waals surface area contributed by atoms with E-state index in [0.717, 1.165) is 40.7 Å². The molecular weight excluding hydrogens is 356 g/mol. The molecule has 0 atom stereocenters. The molecule has 0 radical (unpaired) electrons. The Morgan fingerprint density at radius 1 is 1.25 bits per heavy atom. The highest BCUT2D eigenvalue weighted by Gasteiger charge is 2.16. The van der Waals surface area contributed by atoms with Gasteiger partial charge in [-0.1, -0.05) is 13.0 Å². The minimum atomic E-state index is -1.06. The van der Waals surface area contributed by atoms with E-state index in [1.165, 1.54) is 11.8 Å². The lowest BCUT2D eigenvalue weighted by Crippen LogP contribution is -2.13. The lowest BCUT2D eigenvalue weighted by molar-refractivity contribution is 0.0691. The molecule has 0 saturated heterocycles. The number of carboxylic acids is 1. The predicted molar refractivity (Wildman–Crippen MR) is 106 cm³/mol. The molecule has 4 aromatic rings. The first kappa shape index (κ1) is 17.9. The highest BCUT2D eigenvalue weighted by molar-refractivity contribution is 5.95. The van der Waals surface area contributed by atoms with Gasteiger partial charge in [0.1, 0.15) is 11.4 Å². The van der Waals surface area contributed by atoms with Gasteiger partial charge in [-0.3, -0.25) is 10.1 Å². The third kappa shape index (κ3) is 3.14. The SMILES string of the molecule is CCNCc1cncc(-c2ccc3[nH]nc(-c4ncc(C(=O)O)[nH]4)c3c2)c1C. The molecule has 4 rings (SSSR count). The number of hydrogen-bond acceptors (Lipinski definition) is 5. The monoisotopic (exact) mass is 376 g/mol. The fourth-order valence-corrected chi connectivity index (χ4v) is 3.21. The van der Waals surface area contributed by atoms with Crippen molar-refractivity contribution in [1.29, 1.82) is 0 Å². The van der Waals surface area contributed by atoms with Gasteiger partial charge in [-0.15, -0.1) is 0 Å². The third-order valence-electron chi connectivity index (χ3n) is 4.79. The number of pyridine rings is 1. The van der Waals surface area contributed by atoms with Crippen LogP contribution in [0.4, 0.5) is 0 Å². The molecule has 28 heavy (non-hydrogen) atoms. The van der Waals surface area contributed by atoms with E-state index in [1.807, 2.05) is 30.6 Å². The van der Waals surface area contributed by atoms with Gasteiger partial charge in [0.2, 0.25) is 0 Å². The van der Waals surface area contributed by atoms with E-state index in [9.17, 15) is 4.79 Å². The molecule has 0 unspecified atom stereocenters. The van der Waals surface area contributed by atoms with Gasteiger partial charge in [0.05, 0.1) is 11.7 Å². The highest BCUT2D eigenvalue weighted by atomic mass is 16.4. The summed E-state index contributed by atoms with van der Waals surface area (Å²) in [6.45, 7) is 5.84. The van der Waals surface area contributed by atoms with E-state index in [4.69, 9.17) is 5.11 Å². The number of rotatable bonds is 6. The maximum atomic E-state index is 11.1. The molecule has 0 aliphatic heterocycles. The van der Waals surface area contributed by atoms with Crippen LogP contribution in [-0.4, -0.2) is 42.8 Å². The van der Waals surface area contributed by atoms with Crippen LogP contribution in [0, 0.1) is 6.92 Å². The van der Waals surface area contributed by atoms with Gasteiger partial charge >= 0.3 is 5.97 Å². The van der Waals surface area contributed by atoms with Gasteiger partial charge < -0.3 is 15.4 Å². The Hall–Kier alpha value is -3.52. The van der Waals surface area contributed by atoms with Crippen molar-refractivity contribution >= 4 is 16.9 Å². The summed E-state index contributed by atoms with van der Waals surface area (Å²) in [7, 11) is 0. The first-order valence-electron chi connectivity index (χ1n) is 8.99. The van der Waals surface area contributed by atoms with Gasteiger partial charge in [0.25, 0.3) is 0 Å². The molecule has 142 valence electrons. The summed E-state index contributed by atoms with van der Waals surface area (Å²) >= 11 is 0. The third-order valence-corrected chi connectivity index (χ3v) is 4.79. The van der Waals surface area contributed by atoms with E-state index < -0.39 is 5.97 Å². The van der Waals surface area contributed by atoms with Crippen LogP contribution in [0.5, 0.6) is 0 Å². The summed E-state index contributed by atoms with van der Waals surface area (Å²) in [5.41, 5.74) is 5.85. The minimum absolute atomic E-state index is 0.0264. The number of aromatic carboxylic acids is 1. The summed E-state index contributed by atoms with van der Waals surface area (Å²) < 4.78 is 0. The van der Waals surface area contributed by atoms with Crippen molar-refractivity contribution in [3.05, 3.63) is 53.6 Å². The number of nitrogens with one attached hydrogen (secondary N) is 3. The van der Waals surface area contributed by atoms with Crippen LogP contribution in [0.15, 0.2) is 36.8 Å². The Morgan fingerprint density at radius 3 is 2.86 bits per heavy atom. The second kappa shape index (κ2) is 7.24. The Kier molecular flexibility index (Phi) is 4.62. The standard InChI is InChI=1S/C20H20N6O2/c1-3-21-7-13-8-22-9-15(11(13)2)12-4-5-16-14(6-12)18(26-25-16)19-23-10-17(24-19)20(27)28/h4-6,8-10,21H,3,7H2,1-2H3,(H,23,24)(H,25,26)(H,27,28). The van der Waals surface area contributed by atoms with Crippen LogP contribution in [0.2, 0.25) is 0 Å².